The molecule has 1 saturated heterocycles. The Balaban J connectivity index is 1.63. The standard InChI is InChI=1S/C19H25N3O2/c1-14-13-17(20-24-14)21-9-11-22(12-10-21)18(23)15-5-7-16(8-6-15)19(2,3)4/h5-8,13H,9-12H2,1-4H3. The zero-order chi connectivity index (χ0) is 17.3. The first-order chi connectivity index (χ1) is 11.3. The summed E-state index contributed by atoms with van der Waals surface area (Å²) in [5.41, 5.74) is 2.10. The Morgan fingerprint density at radius 2 is 1.71 bits per heavy atom. The zero-order valence-electron chi connectivity index (χ0n) is 14.9. The minimum Gasteiger partial charge on any atom is -0.360 e. The van der Waals surface area contributed by atoms with Gasteiger partial charge in [0.25, 0.3) is 5.91 Å². The van der Waals surface area contributed by atoms with Crippen molar-refractivity contribution in [2.24, 2.45) is 0 Å². The molecule has 1 aliphatic rings. The minimum absolute atomic E-state index is 0.100. The van der Waals surface area contributed by atoms with Crippen molar-refractivity contribution in [3.8, 4) is 0 Å². The highest BCUT2D eigenvalue weighted by Crippen LogP contribution is 2.23. The van der Waals surface area contributed by atoms with Gasteiger partial charge >= 0.3 is 0 Å². The number of benzene rings is 1. The molecule has 128 valence electrons. The van der Waals surface area contributed by atoms with Crippen LogP contribution in [0.4, 0.5) is 5.82 Å². The summed E-state index contributed by atoms with van der Waals surface area (Å²) >= 11 is 0. The molecule has 5 nitrogen and oxygen atoms in total. The second-order valence-corrected chi connectivity index (χ2v) is 7.40. The van der Waals surface area contributed by atoms with Crippen molar-refractivity contribution >= 4 is 11.7 Å². The van der Waals surface area contributed by atoms with Crippen LogP contribution in [0, 0.1) is 6.92 Å². The largest absolute Gasteiger partial charge is 0.360 e. The monoisotopic (exact) mass is 327 g/mol. The van der Waals surface area contributed by atoms with Crippen LogP contribution in [0.25, 0.3) is 0 Å². The third-order valence-corrected chi connectivity index (χ3v) is 4.50. The van der Waals surface area contributed by atoms with Gasteiger partial charge in [-0.1, -0.05) is 38.1 Å². The quantitative estimate of drug-likeness (QED) is 0.849. The van der Waals surface area contributed by atoms with E-state index in [-0.39, 0.29) is 11.3 Å². The summed E-state index contributed by atoms with van der Waals surface area (Å²) in [5.74, 6) is 1.77. The van der Waals surface area contributed by atoms with E-state index >= 15 is 0 Å². The van der Waals surface area contributed by atoms with Gasteiger partial charge in [0.15, 0.2) is 5.82 Å². The number of carbonyl (C=O) groups excluding carboxylic acids is 1. The first-order valence-electron chi connectivity index (χ1n) is 8.43. The number of aromatic nitrogens is 1. The van der Waals surface area contributed by atoms with Crippen LogP contribution in [0.5, 0.6) is 0 Å². The Bertz CT molecular complexity index is 705. The van der Waals surface area contributed by atoms with Crippen LogP contribution in [0.2, 0.25) is 0 Å². The van der Waals surface area contributed by atoms with Crippen LogP contribution in [-0.4, -0.2) is 42.1 Å². The van der Waals surface area contributed by atoms with Crippen LogP contribution in [-0.2, 0) is 5.41 Å². The topological polar surface area (TPSA) is 49.6 Å². The normalized spacial score (nSPS) is 15.7. The van der Waals surface area contributed by atoms with Crippen LogP contribution in [0.15, 0.2) is 34.9 Å². The number of aryl methyl sites for hydroxylation is 1. The van der Waals surface area contributed by atoms with Crippen LogP contribution < -0.4 is 4.90 Å². The molecular weight excluding hydrogens is 302 g/mol. The van der Waals surface area contributed by atoms with Crippen molar-refractivity contribution in [2.45, 2.75) is 33.1 Å². The van der Waals surface area contributed by atoms with E-state index in [0.29, 0.717) is 13.1 Å². The van der Waals surface area contributed by atoms with Gasteiger partial charge in [0, 0.05) is 37.8 Å². The lowest BCUT2D eigenvalue weighted by Crippen LogP contribution is -2.48. The van der Waals surface area contributed by atoms with Crippen LogP contribution in [0.1, 0.15) is 42.5 Å². The summed E-state index contributed by atoms with van der Waals surface area (Å²) in [4.78, 5) is 16.7. The molecule has 2 heterocycles. The van der Waals surface area contributed by atoms with Gasteiger partial charge in [-0.05, 0) is 30.0 Å². The van der Waals surface area contributed by atoms with Crippen molar-refractivity contribution in [3.05, 3.63) is 47.2 Å². The molecule has 0 bridgehead atoms. The molecule has 0 N–H and O–H groups in total. The first kappa shape index (κ1) is 16.6. The van der Waals surface area contributed by atoms with Crippen LogP contribution in [0.3, 0.4) is 0 Å². The average Bonchev–Trinajstić information content (AvgIpc) is 3.00. The van der Waals surface area contributed by atoms with Crippen molar-refractivity contribution < 1.29 is 9.32 Å². The van der Waals surface area contributed by atoms with E-state index < -0.39 is 0 Å². The van der Waals surface area contributed by atoms with Crippen molar-refractivity contribution in [2.75, 3.05) is 31.1 Å². The fourth-order valence-corrected chi connectivity index (χ4v) is 2.94. The predicted octanol–water partition coefficient (Wildman–Crippen LogP) is 3.24. The fourth-order valence-electron chi connectivity index (χ4n) is 2.94. The second kappa shape index (κ2) is 6.30. The predicted molar refractivity (Wildman–Crippen MR) is 94.5 cm³/mol. The lowest BCUT2D eigenvalue weighted by molar-refractivity contribution is 0.0746. The smallest absolute Gasteiger partial charge is 0.253 e. The Morgan fingerprint density at radius 3 is 2.21 bits per heavy atom. The van der Waals surface area contributed by atoms with Crippen molar-refractivity contribution in [3.63, 3.8) is 0 Å². The fraction of sp³-hybridized carbons (Fsp3) is 0.474. The Kier molecular flexibility index (Phi) is 4.35. The molecule has 1 amide bonds. The van der Waals surface area contributed by atoms with Gasteiger partial charge in [0.1, 0.15) is 5.76 Å². The molecule has 0 radical (unpaired) electrons. The molecule has 0 unspecified atom stereocenters. The van der Waals surface area contributed by atoms with Gasteiger partial charge in [-0.2, -0.15) is 0 Å². The van der Waals surface area contributed by atoms with E-state index in [1.807, 2.05) is 30.0 Å². The summed E-state index contributed by atoms with van der Waals surface area (Å²) in [6.07, 6.45) is 0. The van der Waals surface area contributed by atoms with Gasteiger partial charge in [-0.3, -0.25) is 4.79 Å². The van der Waals surface area contributed by atoms with E-state index in [1.165, 1.54) is 5.56 Å². The number of hydrogen-bond acceptors (Lipinski definition) is 4. The second-order valence-electron chi connectivity index (χ2n) is 7.40. The van der Waals surface area contributed by atoms with E-state index in [1.54, 1.807) is 0 Å². The van der Waals surface area contributed by atoms with Gasteiger partial charge < -0.3 is 14.3 Å². The number of hydrogen-bond donors (Lipinski definition) is 0. The molecule has 0 atom stereocenters. The highest BCUT2D eigenvalue weighted by atomic mass is 16.5. The Labute approximate surface area is 143 Å². The zero-order valence-corrected chi connectivity index (χ0v) is 14.9. The maximum atomic E-state index is 12.7. The van der Waals surface area contributed by atoms with Crippen LogP contribution >= 0.6 is 0 Å². The number of carbonyl (C=O) groups is 1. The highest BCUT2D eigenvalue weighted by Gasteiger charge is 2.24. The van der Waals surface area contributed by atoms with Gasteiger partial charge in [0.05, 0.1) is 0 Å². The first-order valence-corrected chi connectivity index (χ1v) is 8.43. The maximum absolute atomic E-state index is 12.7. The van der Waals surface area contributed by atoms with Crippen molar-refractivity contribution in [1.29, 1.82) is 0 Å². The summed E-state index contributed by atoms with van der Waals surface area (Å²) in [7, 11) is 0. The molecule has 1 aromatic carbocycles. The summed E-state index contributed by atoms with van der Waals surface area (Å²) in [6.45, 7) is 11.4. The van der Waals surface area contributed by atoms with E-state index in [0.717, 1.165) is 30.2 Å². The molecule has 1 aliphatic heterocycles. The molecule has 0 spiro atoms. The molecule has 24 heavy (non-hydrogen) atoms. The van der Waals surface area contributed by atoms with E-state index in [4.69, 9.17) is 4.52 Å². The van der Waals surface area contributed by atoms with E-state index in [2.05, 4.69) is 43.0 Å². The van der Waals surface area contributed by atoms with Gasteiger partial charge in [0.2, 0.25) is 0 Å². The SMILES string of the molecule is Cc1cc(N2CCN(C(=O)c3ccc(C(C)(C)C)cc3)CC2)no1. The summed E-state index contributed by atoms with van der Waals surface area (Å²) in [6, 6.07) is 9.93. The molecule has 1 aromatic heterocycles. The number of amides is 1. The number of piperazine rings is 1. The molecular formula is C19H25N3O2. The maximum Gasteiger partial charge on any atom is 0.253 e. The number of nitrogens with zero attached hydrogens (tertiary/aromatic N) is 3. The van der Waals surface area contributed by atoms with Gasteiger partial charge in [-0.25, -0.2) is 0 Å². The molecule has 0 saturated carbocycles. The highest BCUT2D eigenvalue weighted by molar-refractivity contribution is 5.94. The lowest BCUT2D eigenvalue weighted by Gasteiger charge is -2.34. The summed E-state index contributed by atoms with van der Waals surface area (Å²) in [5, 5.41) is 4.05. The third kappa shape index (κ3) is 3.45. The average molecular weight is 327 g/mol. The van der Waals surface area contributed by atoms with E-state index in [9.17, 15) is 4.79 Å². The molecule has 3 rings (SSSR count). The Morgan fingerprint density at radius 1 is 1.08 bits per heavy atom. The molecule has 1 fully saturated rings. The number of rotatable bonds is 2. The lowest BCUT2D eigenvalue weighted by atomic mass is 9.86. The van der Waals surface area contributed by atoms with Gasteiger partial charge in [-0.15, -0.1) is 0 Å². The molecule has 2 aromatic rings. The number of anilines is 1. The third-order valence-electron chi connectivity index (χ3n) is 4.50. The minimum atomic E-state index is 0.100. The Hall–Kier alpha value is -2.30. The van der Waals surface area contributed by atoms with Crippen molar-refractivity contribution in [1.82, 2.24) is 10.1 Å². The summed E-state index contributed by atoms with van der Waals surface area (Å²) < 4.78 is 5.13. The molecule has 5 heteroatoms. The molecule has 0 aliphatic carbocycles.